The summed E-state index contributed by atoms with van der Waals surface area (Å²) < 4.78 is 37.2. The number of aryl methyl sites for hydroxylation is 1. The molecule has 0 radical (unpaired) electrons. The van der Waals surface area contributed by atoms with Gasteiger partial charge in [-0.15, -0.1) is 0 Å². The molecule has 0 aliphatic heterocycles. The molecule has 0 saturated heterocycles. The number of sulfonamides is 1. The van der Waals surface area contributed by atoms with Gasteiger partial charge in [0.15, 0.2) is 5.78 Å². The highest BCUT2D eigenvalue weighted by Crippen LogP contribution is 2.22. The molecule has 0 amide bonds. The summed E-state index contributed by atoms with van der Waals surface area (Å²) >= 11 is 0. The Bertz CT molecular complexity index is 951. The molecule has 1 N–H and O–H groups in total. The van der Waals surface area contributed by atoms with E-state index in [1.54, 1.807) is 30.3 Å². The van der Waals surface area contributed by atoms with Crippen LogP contribution in [-0.2, 0) is 26.2 Å². The molecule has 28 heavy (non-hydrogen) atoms. The predicted molar refractivity (Wildman–Crippen MR) is 104 cm³/mol. The third-order valence-electron chi connectivity index (χ3n) is 3.89. The van der Waals surface area contributed by atoms with Crippen LogP contribution < -0.4 is 9.46 Å². The summed E-state index contributed by atoms with van der Waals surface area (Å²) in [5.74, 6) is -0.367. The first-order valence-corrected chi connectivity index (χ1v) is 10.2. The van der Waals surface area contributed by atoms with Gasteiger partial charge in [0.25, 0.3) is 0 Å². The van der Waals surface area contributed by atoms with Gasteiger partial charge in [0.2, 0.25) is 10.0 Å². The molecule has 8 heteroatoms. The number of nitrogens with one attached hydrogen (secondary N) is 1. The van der Waals surface area contributed by atoms with Gasteiger partial charge in [0.1, 0.15) is 18.9 Å². The molecular formula is C20H23NO6S. The lowest BCUT2D eigenvalue weighted by Gasteiger charge is -2.12. The second kappa shape index (κ2) is 9.48. The zero-order valence-corrected chi connectivity index (χ0v) is 16.8. The van der Waals surface area contributed by atoms with Crippen LogP contribution in [0.25, 0.3) is 0 Å². The summed E-state index contributed by atoms with van der Waals surface area (Å²) in [5, 5.41) is 0. The van der Waals surface area contributed by atoms with Crippen LogP contribution in [0.15, 0.2) is 47.4 Å². The highest BCUT2D eigenvalue weighted by molar-refractivity contribution is 7.89. The summed E-state index contributed by atoms with van der Waals surface area (Å²) in [7, 11) is -3.81. The van der Waals surface area contributed by atoms with E-state index in [0.29, 0.717) is 23.5 Å². The molecule has 150 valence electrons. The topological polar surface area (TPSA) is 98.8 Å². The van der Waals surface area contributed by atoms with Crippen molar-refractivity contribution in [3.8, 4) is 5.75 Å². The molecule has 0 fully saturated rings. The highest BCUT2D eigenvalue weighted by Gasteiger charge is 2.16. The Morgan fingerprint density at radius 1 is 1.07 bits per heavy atom. The van der Waals surface area contributed by atoms with Gasteiger partial charge in [-0.05, 0) is 51.1 Å². The number of rotatable bonds is 9. The molecule has 2 aromatic carbocycles. The number of ketones is 1. The normalized spacial score (nSPS) is 11.1. The average molecular weight is 405 g/mol. The molecular weight excluding hydrogens is 382 g/mol. The SMILES string of the molecule is CCOc1ccc(C(C)=O)cc1COC(=O)CNS(=O)(=O)c1ccc(C)cc1. The van der Waals surface area contributed by atoms with Crippen LogP contribution in [0.5, 0.6) is 5.75 Å². The maximum atomic E-state index is 12.2. The van der Waals surface area contributed by atoms with Crippen LogP contribution in [0, 0.1) is 6.92 Å². The fourth-order valence-corrected chi connectivity index (χ4v) is 3.34. The molecule has 2 rings (SSSR count). The van der Waals surface area contributed by atoms with E-state index in [1.165, 1.54) is 19.1 Å². The van der Waals surface area contributed by atoms with Crippen LogP contribution in [0.3, 0.4) is 0 Å². The predicted octanol–water partition coefficient (Wildman–Crippen LogP) is 2.62. The number of hydrogen-bond acceptors (Lipinski definition) is 6. The minimum Gasteiger partial charge on any atom is -0.493 e. The molecule has 0 aliphatic carbocycles. The van der Waals surface area contributed by atoms with Crippen LogP contribution >= 0.6 is 0 Å². The number of benzene rings is 2. The van der Waals surface area contributed by atoms with Crippen molar-refractivity contribution in [2.24, 2.45) is 0 Å². The zero-order chi connectivity index (χ0) is 20.7. The Balaban J connectivity index is 1.99. The van der Waals surface area contributed by atoms with Crippen molar-refractivity contribution >= 4 is 21.8 Å². The lowest BCUT2D eigenvalue weighted by molar-refractivity contribution is -0.143. The van der Waals surface area contributed by atoms with E-state index in [1.807, 2.05) is 13.8 Å². The monoisotopic (exact) mass is 405 g/mol. The number of Topliss-reactive ketones (excluding diaryl/α,β-unsaturated/α-hetero) is 1. The van der Waals surface area contributed by atoms with Gasteiger partial charge in [-0.1, -0.05) is 17.7 Å². The Labute approximate surface area is 164 Å². The zero-order valence-electron chi connectivity index (χ0n) is 16.0. The first-order chi connectivity index (χ1) is 13.2. The maximum absolute atomic E-state index is 12.2. The van der Waals surface area contributed by atoms with E-state index in [2.05, 4.69) is 4.72 Å². The van der Waals surface area contributed by atoms with Crippen LogP contribution in [0.4, 0.5) is 0 Å². The van der Waals surface area contributed by atoms with Gasteiger partial charge in [0.05, 0.1) is 11.5 Å². The molecule has 0 heterocycles. The van der Waals surface area contributed by atoms with Gasteiger partial charge in [-0.25, -0.2) is 8.42 Å². The van der Waals surface area contributed by atoms with Crippen molar-refractivity contribution in [3.63, 3.8) is 0 Å². The van der Waals surface area contributed by atoms with E-state index in [0.717, 1.165) is 5.56 Å². The quantitative estimate of drug-likeness (QED) is 0.509. The van der Waals surface area contributed by atoms with Gasteiger partial charge in [0, 0.05) is 11.1 Å². The van der Waals surface area contributed by atoms with E-state index in [9.17, 15) is 18.0 Å². The van der Waals surface area contributed by atoms with Crippen LogP contribution in [-0.4, -0.2) is 33.3 Å². The van der Waals surface area contributed by atoms with E-state index >= 15 is 0 Å². The highest BCUT2D eigenvalue weighted by atomic mass is 32.2. The summed E-state index contributed by atoms with van der Waals surface area (Å²) in [6, 6.07) is 11.1. The van der Waals surface area contributed by atoms with Crippen molar-refractivity contribution in [2.45, 2.75) is 32.3 Å². The third-order valence-corrected chi connectivity index (χ3v) is 5.31. The van der Waals surface area contributed by atoms with Crippen molar-refractivity contribution in [1.29, 1.82) is 0 Å². The Morgan fingerprint density at radius 2 is 1.75 bits per heavy atom. The molecule has 0 bridgehead atoms. The number of esters is 1. The number of hydrogen-bond donors (Lipinski definition) is 1. The van der Waals surface area contributed by atoms with Gasteiger partial charge >= 0.3 is 5.97 Å². The Kier molecular flexibility index (Phi) is 7.31. The maximum Gasteiger partial charge on any atom is 0.321 e. The van der Waals surface area contributed by atoms with Gasteiger partial charge in [-0.3, -0.25) is 9.59 Å². The summed E-state index contributed by atoms with van der Waals surface area (Å²) in [6.07, 6.45) is 0. The summed E-state index contributed by atoms with van der Waals surface area (Å²) in [4.78, 5) is 23.6. The standard InChI is InChI=1S/C20H23NO6S/c1-4-26-19-10-7-16(15(3)22)11-17(19)13-27-20(23)12-21-28(24,25)18-8-5-14(2)6-9-18/h5-11,21H,4,12-13H2,1-3H3. The molecule has 0 aliphatic rings. The van der Waals surface area contributed by atoms with Crippen molar-refractivity contribution in [2.75, 3.05) is 13.2 Å². The molecule has 0 saturated carbocycles. The van der Waals surface area contributed by atoms with Crippen molar-refractivity contribution < 1.29 is 27.5 Å². The Hall–Kier alpha value is -2.71. The number of ether oxygens (including phenoxy) is 2. The molecule has 2 aromatic rings. The third kappa shape index (κ3) is 5.90. The second-order valence-corrected chi connectivity index (χ2v) is 7.88. The largest absolute Gasteiger partial charge is 0.493 e. The first kappa shape index (κ1) is 21.6. The average Bonchev–Trinajstić information content (AvgIpc) is 2.66. The molecule has 7 nitrogen and oxygen atoms in total. The van der Waals surface area contributed by atoms with Crippen LogP contribution in [0.1, 0.15) is 35.3 Å². The van der Waals surface area contributed by atoms with Crippen molar-refractivity contribution in [1.82, 2.24) is 4.72 Å². The summed E-state index contributed by atoms with van der Waals surface area (Å²) in [6.45, 7) is 4.86. The lowest BCUT2D eigenvalue weighted by Crippen LogP contribution is -2.30. The molecule has 0 unspecified atom stereocenters. The summed E-state index contributed by atoms with van der Waals surface area (Å²) in [5.41, 5.74) is 1.93. The van der Waals surface area contributed by atoms with Crippen LogP contribution in [0.2, 0.25) is 0 Å². The number of carbonyl (C=O) groups excluding carboxylic acids is 2. The van der Waals surface area contributed by atoms with E-state index in [4.69, 9.17) is 9.47 Å². The minimum atomic E-state index is -3.81. The minimum absolute atomic E-state index is 0.0682. The smallest absolute Gasteiger partial charge is 0.321 e. The van der Waals surface area contributed by atoms with E-state index in [-0.39, 0.29) is 17.3 Å². The fraction of sp³-hybridized carbons (Fsp3) is 0.300. The van der Waals surface area contributed by atoms with Crippen molar-refractivity contribution in [3.05, 3.63) is 59.2 Å². The first-order valence-electron chi connectivity index (χ1n) is 8.71. The molecule has 0 atom stereocenters. The van der Waals surface area contributed by atoms with Gasteiger partial charge in [-0.2, -0.15) is 4.72 Å². The lowest BCUT2D eigenvalue weighted by atomic mass is 10.1. The Morgan fingerprint density at radius 3 is 2.36 bits per heavy atom. The van der Waals surface area contributed by atoms with E-state index < -0.39 is 22.5 Å². The number of carbonyl (C=O) groups is 2. The fourth-order valence-electron chi connectivity index (χ4n) is 2.37. The molecule has 0 spiro atoms. The molecule has 0 aromatic heterocycles. The van der Waals surface area contributed by atoms with Gasteiger partial charge < -0.3 is 9.47 Å². The second-order valence-electron chi connectivity index (χ2n) is 6.11.